The van der Waals surface area contributed by atoms with Crippen LogP contribution in [-0.2, 0) is 0 Å². The molecule has 1 heteroatoms. The van der Waals surface area contributed by atoms with E-state index in [2.05, 4.69) is 25.1 Å². The highest BCUT2D eigenvalue weighted by molar-refractivity contribution is 5.43. The highest BCUT2D eigenvalue weighted by Gasteiger charge is 2.42. The smallest absolute Gasteiger partial charge is 0.122 e. The van der Waals surface area contributed by atoms with Crippen molar-refractivity contribution in [2.24, 2.45) is 11.8 Å². The van der Waals surface area contributed by atoms with Crippen LogP contribution in [0.25, 0.3) is 0 Å². The van der Waals surface area contributed by atoms with E-state index in [0.717, 1.165) is 36.0 Å². The first-order valence-corrected chi connectivity index (χ1v) is 8.13. The average molecular weight is 256 g/mol. The Morgan fingerprint density at radius 3 is 2.47 bits per heavy atom. The largest absolute Gasteiger partial charge is 0.493 e. The molecule has 4 rings (SSSR count). The summed E-state index contributed by atoms with van der Waals surface area (Å²) >= 11 is 0. The molecule has 2 bridgehead atoms. The van der Waals surface area contributed by atoms with Crippen molar-refractivity contribution in [3.8, 4) is 5.75 Å². The van der Waals surface area contributed by atoms with Crippen molar-refractivity contribution in [3.63, 3.8) is 0 Å². The van der Waals surface area contributed by atoms with E-state index in [-0.39, 0.29) is 0 Å². The molecule has 1 heterocycles. The van der Waals surface area contributed by atoms with Crippen molar-refractivity contribution in [1.29, 1.82) is 0 Å². The molecule has 0 aromatic heterocycles. The minimum Gasteiger partial charge on any atom is -0.493 e. The van der Waals surface area contributed by atoms with Crippen LogP contribution in [-0.4, -0.2) is 6.61 Å². The zero-order valence-corrected chi connectivity index (χ0v) is 11.9. The summed E-state index contributed by atoms with van der Waals surface area (Å²) in [7, 11) is 0. The van der Waals surface area contributed by atoms with Crippen LogP contribution in [0.4, 0.5) is 0 Å². The molecule has 0 N–H and O–H groups in total. The molecule has 1 atom stereocenters. The summed E-state index contributed by atoms with van der Waals surface area (Å²) in [6, 6.07) is 7.12. The van der Waals surface area contributed by atoms with Gasteiger partial charge in [-0.25, -0.2) is 0 Å². The fraction of sp³-hybridized carbons (Fsp3) is 0.667. The first-order valence-electron chi connectivity index (χ1n) is 8.13. The van der Waals surface area contributed by atoms with E-state index in [4.69, 9.17) is 4.74 Å². The van der Waals surface area contributed by atoms with Crippen molar-refractivity contribution in [2.75, 3.05) is 6.61 Å². The van der Waals surface area contributed by atoms with Crippen LogP contribution in [0.15, 0.2) is 18.2 Å². The van der Waals surface area contributed by atoms with Gasteiger partial charge in [-0.15, -0.1) is 0 Å². The van der Waals surface area contributed by atoms with Gasteiger partial charge in [0.25, 0.3) is 0 Å². The molecule has 0 amide bonds. The Bertz CT molecular complexity index is 459. The Morgan fingerprint density at radius 1 is 1.05 bits per heavy atom. The van der Waals surface area contributed by atoms with Gasteiger partial charge in [0.15, 0.2) is 0 Å². The molecule has 1 unspecified atom stereocenters. The molecule has 1 aliphatic heterocycles. The number of fused-ring (bicyclic) bond motifs is 3. The summed E-state index contributed by atoms with van der Waals surface area (Å²) in [6.07, 6.45) is 8.34. The molecule has 2 aliphatic carbocycles. The van der Waals surface area contributed by atoms with Crippen molar-refractivity contribution in [3.05, 3.63) is 29.3 Å². The van der Waals surface area contributed by atoms with E-state index in [1.54, 1.807) is 5.56 Å². The maximum atomic E-state index is 5.84. The predicted molar refractivity (Wildman–Crippen MR) is 77.8 cm³/mol. The molecule has 2 fully saturated rings. The molecule has 1 aromatic rings. The van der Waals surface area contributed by atoms with Crippen LogP contribution in [0.3, 0.4) is 0 Å². The highest BCUT2D eigenvalue weighted by atomic mass is 16.5. The Morgan fingerprint density at radius 2 is 1.79 bits per heavy atom. The molecule has 1 aromatic carbocycles. The van der Waals surface area contributed by atoms with Crippen LogP contribution in [0.1, 0.15) is 68.4 Å². The van der Waals surface area contributed by atoms with Crippen molar-refractivity contribution < 1.29 is 4.74 Å². The summed E-state index contributed by atoms with van der Waals surface area (Å²) in [5, 5.41) is 0. The molecule has 19 heavy (non-hydrogen) atoms. The van der Waals surface area contributed by atoms with Crippen molar-refractivity contribution in [2.45, 2.75) is 57.3 Å². The summed E-state index contributed by atoms with van der Waals surface area (Å²) < 4.78 is 5.84. The number of benzene rings is 1. The fourth-order valence-electron chi connectivity index (χ4n) is 4.91. The van der Waals surface area contributed by atoms with Gasteiger partial charge in [-0.3, -0.25) is 0 Å². The van der Waals surface area contributed by atoms with E-state index < -0.39 is 0 Å². The van der Waals surface area contributed by atoms with Crippen LogP contribution < -0.4 is 4.74 Å². The van der Waals surface area contributed by atoms with Gasteiger partial charge in [0, 0.05) is 0 Å². The van der Waals surface area contributed by atoms with Gasteiger partial charge in [0.2, 0.25) is 0 Å². The third-order valence-corrected chi connectivity index (χ3v) is 5.91. The van der Waals surface area contributed by atoms with Crippen LogP contribution in [0.2, 0.25) is 0 Å². The first kappa shape index (κ1) is 11.8. The second-order valence-electron chi connectivity index (χ2n) is 6.74. The standard InChI is InChI=1S/C18H24O/c1-2-12-9-10-19-17-8-7-15(11-16(12)17)18-13-3-4-14(18)6-5-13/h7-8,11-14,18H,2-6,9-10H2,1H3. The minimum atomic E-state index is 0.725. The fourth-order valence-corrected chi connectivity index (χ4v) is 4.91. The Labute approximate surface area is 116 Å². The first-order chi connectivity index (χ1) is 9.36. The van der Waals surface area contributed by atoms with Crippen molar-refractivity contribution >= 4 is 0 Å². The highest BCUT2D eigenvalue weighted by Crippen LogP contribution is 2.55. The van der Waals surface area contributed by atoms with Crippen LogP contribution >= 0.6 is 0 Å². The quantitative estimate of drug-likeness (QED) is 0.733. The summed E-state index contributed by atoms with van der Waals surface area (Å²) in [5.41, 5.74) is 3.12. The van der Waals surface area contributed by atoms with Gasteiger partial charge >= 0.3 is 0 Å². The van der Waals surface area contributed by atoms with Gasteiger partial charge in [0.05, 0.1) is 6.61 Å². The molecule has 102 valence electrons. The molecular formula is C18H24O. The van der Waals surface area contributed by atoms with Gasteiger partial charge in [-0.1, -0.05) is 19.1 Å². The molecule has 2 saturated carbocycles. The van der Waals surface area contributed by atoms with E-state index in [1.165, 1.54) is 44.1 Å². The van der Waals surface area contributed by atoms with Crippen molar-refractivity contribution in [1.82, 2.24) is 0 Å². The minimum absolute atomic E-state index is 0.725. The lowest BCUT2D eigenvalue weighted by molar-refractivity contribution is 0.265. The van der Waals surface area contributed by atoms with Gasteiger partial charge < -0.3 is 4.74 Å². The number of rotatable bonds is 2. The van der Waals surface area contributed by atoms with Gasteiger partial charge in [-0.05, 0) is 79.4 Å². The number of hydrogen-bond acceptors (Lipinski definition) is 1. The molecule has 0 radical (unpaired) electrons. The van der Waals surface area contributed by atoms with E-state index >= 15 is 0 Å². The molecule has 3 aliphatic rings. The summed E-state index contributed by atoms with van der Waals surface area (Å²) in [6.45, 7) is 3.21. The lowest BCUT2D eigenvalue weighted by atomic mass is 9.84. The topological polar surface area (TPSA) is 9.23 Å². The molecular weight excluding hydrogens is 232 g/mol. The van der Waals surface area contributed by atoms with E-state index in [9.17, 15) is 0 Å². The average Bonchev–Trinajstić information content (AvgIpc) is 3.06. The Hall–Kier alpha value is -0.980. The second kappa shape index (κ2) is 4.54. The molecule has 1 nitrogen and oxygen atoms in total. The lowest BCUT2D eigenvalue weighted by Gasteiger charge is -2.27. The Balaban J connectivity index is 1.71. The second-order valence-corrected chi connectivity index (χ2v) is 6.74. The SMILES string of the molecule is CCC1CCOc2ccc(C3C4CCC3CC4)cc21. The molecule has 0 spiro atoms. The normalized spacial score (nSPS) is 36.1. The molecule has 0 saturated heterocycles. The number of hydrogen-bond donors (Lipinski definition) is 0. The zero-order valence-electron chi connectivity index (χ0n) is 11.9. The van der Waals surface area contributed by atoms with Crippen LogP contribution in [0, 0.1) is 11.8 Å². The maximum Gasteiger partial charge on any atom is 0.122 e. The maximum absolute atomic E-state index is 5.84. The lowest BCUT2D eigenvalue weighted by Crippen LogP contribution is -2.15. The summed E-state index contributed by atoms with van der Waals surface area (Å²) in [5.74, 6) is 4.71. The zero-order chi connectivity index (χ0) is 12.8. The summed E-state index contributed by atoms with van der Waals surface area (Å²) in [4.78, 5) is 0. The van der Waals surface area contributed by atoms with Gasteiger partial charge in [0.1, 0.15) is 5.75 Å². The number of ether oxygens (including phenoxy) is 1. The predicted octanol–water partition coefficient (Wildman–Crippen LogP) is 4.87. The third kappa shape index (κ3) is 1.81. The Kier molecular flexibility index (Phi) is 2.82. The third-order valence-electron chi connectivity index (χ3n) is 5.91. The van der Waals surface area contributed by atoms with Gasteiger partial charge in [-0.2, -0.15) is 0 Å². The van der Waals surface area contributed by atoms with E-state index in [0.29, 0.717) is 0 Å². The van der Waals surface area contributed by atoms with Crippen LogP contribution in [0.5, 0.6) is 5.75 Å². The monoisotopic (exact) mass is 256 g/mol. The van der Waals surface area contributed by atoms with E-state index in [1.807, 2.05) is 0 Å².